The first-order chi connectivity index (χ1) is 8.22. The minimum Gasteiger partial charge on any atom is -0.0884 e. The highest BCUT2D eigenvalue weighted by Crippen LogP contribution is 2.51. The van der Waals surface area contributed by atoms with Crippen LogP contribution in [0.2, 0.25) is 0 Å². The summed E-state index contributed by atoms with van der Waals surface area (Å²) in [5.74, 6) is 3.02. The molecular formula is C16H21Br. The number of hydrogen-bond acceptors (Lipinski definition) is 0. The minimum absolute atomic E-state index is 0.694. The van der Waals surface area contributed by atoms with Gasteiger partial charge in [-0.25, -0.2) is 0 Å². The van der Waals surface area contributed by atoms with Gasteiger partial charge in [-0.2, -0.15) is 0 Å². The number of rotatable bonds is 3. The first-order valence-corrected chi connectivity index (χ1v) is 7.83. The number of benzene rings is 1. The summed E-state index contributed by atoms with van der Waals surface area (Å²) < 4.78 is 0. The summed E-state index contributed by atoms with van der Waals surface area (Å²) in [7, 11) is 0. The average Bonchev–Trinajstić information content (AvgIpc) is 2.90. The Morgan fingerprint density at radius 3 is 2.82 bits per heavy atom. The van der Waals surface area contributed by atoms with E-state index >= 15 is 0 Å². The maximum Gasteiger partial charge on any atom is 0.0217 e. The van der Waals surface area contributed by atoms with Crippen LogP contribution in [0.4, 0.5) is 0 Å². The van der Waals surface area contributed by atoms with E-state index in [1.165, 1.54) is 43.2 Å². The zero-order valence-corrected chi connectivity index (χ0v) is 12.1. The quantitative estimate of drug-likeness (QED) is 0.706. The van der Waals surface area contributed by atoms with Gasteiger partial charge in [0, 0.05) is 4.83 Å². The molecule has 0 aliphatic heterocycles. The van der Waals surface area contributed by atoms with Crippen molar-refractivity contribution in [2.45, 2.75) is 43.9 Å². The molecule has 0 aromatic heterocycles. The van der Waals surface area contributed by atoms with Crippen molar-refractivity contribution < 1.29 is 0 Å². The predicted octanol–water partition coefficient (Wildman–Crippen LogP) is 4.74. The molecule has 0 amide bonds. The van der Waals surface area contributed by atoms with Crippen LogP contribution < -0.4 is 0 Å². The van der Waals surface area contributed by atoms with Crippen LogP contribution in [-0.4, -0.2) is 4.83 Å². The molecule has 0 saturated heterocycles. The van der Waals surface area contributed by atoms with Crippen LogP contribution in [0.1, 0.15) is 36.8 Å². The van der Waals surface area contributed by atoms with E-state index in [9.17, 15) is 0 Å². The van der Waals surface area contributed by atoms with E-state index < -0.39 is 0 Å². The van der Waals surface area contributed by atoms with Crippen molar-refractivity contribution >= 4 is 15.9 Å². The second-order valence-corrected chi connectivity index (χ2v) is 7.22. The van der Waals surface area contributed by atoms with Gasteiger partial charge in [0.25, 0.3) is 0 Å². The summed E-state index contributed by atoms with van der Waals surface area (Å²) in [6.45, 7) is 2.18. The monoisotopic (exact) mass is 292 g/mol. The van der Waals surface area contributed by atoms with Crippen molar-refractivity contribution in [1.82, 2.24) is 0 Å². The first-order valence-electron chi connectivity index (χ1n) is 6.92. The Morgan fingerprint density at radius 2 is 2.18 bits per heavy atom. The van der Waals surface area contributed by atoms with Crippen LogP contribution in [0.25, 0.3) is 0 Å². The zero-order chi connectivity index (χ0) is 11.8. The summed E-state index contributed by atoms with van der Waals surface area (Å²) in [4.78, 5) is 0.694. The second kappa shape index (κ2) is 4.76. The Morgan fingerprint density at radius 1 is 1.29 bits per heavy atom. The fourth-order valence-corrected chi connectivity index (χ4v) is 4.97. The van der Waals surface area contributed by atoms with Crippen LogP contribution in [0.5, 0.6) is 0 Å². The van der Waals surface area contributed by atoms with Crippen LogP contribution in [0, 0.1) is 24.7 Å². The minimum atomic E-state index is 0.694. The standard InChI is InChI=1S/C16H21Br/c1-11-3-2-4-12(7-11)10-16(17)15-9-13-5-6-14(15)8-13/h2-4,7,13-16H,5-6,8-10H2,1H3. The SMILES string of the molecule is Cc1cccc(CC(Br)C2CC3CCC2C3)c1. The predicted molar refractivity (Wildman–Crippen MR) is 76.5 cm³/mol. The van der Waals surface area contributed by atoms with Gasteiger partial charge >= 0.3 is 0 Å². The Balaban J connectivity index is 1.65. The molecule has 1 heteroatoms. The van der Waals surface area contributed by atoms with Gasteiger partial charge in [-0.3, -0.25) is 0 Å². The molecule has 2 aliphatic carbocycles. The second-order valence-electron chi connectivity index (χ2n) is 6.05. The largest absolute Gasteiger partial charge is 0.0884 e. The molecule has 0 nitrogen and oxygen atoms in total. The van der Waals surface area contributed by atoms with Crippen LogP contribution in [-0.2, 0) is 6.42 Å². The Kier molecular flexibility index (Phi) is 3.30. The molecule has 2 fully saturated rings. The van der Waals surface area contributed by atoms with E-state index in [0.717, 1.165) is 17.8 Å². The van der Waals surface area contributed by atoms with Crippen LogP contribution in [0.15, 0.2) is 24.3 Å². The summed E-state index contributed by atoms with van der Waals surface area (Å²) in [6.07, 6.45) is 7.19. The topological polar surface area (TPSA) is 0 Å². The molecule has 17 heavy (non-hydrogen) atoms. The molecule has 1 aromatic carbocycles. The van der Waals surface area contributed by atoms with Gasteiger partial charge < -0.3 is 0 Å². The molecule has 92 valence electrons. The molecule has 4 atom stereocenters. The molecular weight excluding hydrogens is 272 g/mol. The Bertz CT molecular complexity index is 398. The number of aryl methyl sites for hydroxylation is 1. The third-order valence-electron chi connectivity index (χ3n) is 4.77. The van der Waals surface area contributed by atoms with Gasteiger partial charge in [-0.15, -0.1) is 0 Å². The van der Waals surface area contributed by atoms with Crippen molar-refractivity contribution in [2.75, 3.05) is 0 Å². The van der Waals surface area contributed by atoms with E-state index in [0.29, 0.717) is 4.83 Å². The van der Waals surface area contributed by atoms with E-state index in [1.54, 1.807) is 0 Å². The van der Waals surface area contributed by atoms with E-state index in [4.69, 9.17) is 0 Å². The lowest BCUT2D eigenvalue weighted by atomic mass is 9.84. The maximum absolute atomic E-state index is 3.97. The average molecular weight is 293 g/mol. The number of alkyl halides is 1. The molecule has 0 radical (unpaired) electrons. The van der Waals surface area contributed by atoms with Gasteiger partial charge in [-0.05, 0) is 55.9 Å². The summed E-state index contributed by atoms with van der Waals surface area (Å²) in [5.41, 5.74) is 2.88. The van der Waals surface area contributed by atoms with E-state index in [1.807, 2.05) is 0 Å². The lowest BCUT2D eigenvalue weighted by molar-refractivity contribution is 0.326. The van der Waals surface area contributed by atoms with Gasteiger partial charge in [0.15, 0.2) is 0 Å². The first kappa shape index (κ1) is 11.8. The van der Waals surface area contributed by atoms with Crippen molar-refractivity contribution in [1.29, 1.82) is 0 Å². The van der Waals surface area contributed by atoms with Crippen LogP contribution >= 0.6 is 15.9 Å². The van der Waals surface area contributed by atoms with Crippen molar-refractivity contribution in [3.05, 3.63) is 35.4 Å². The summed E-state index contributed by atoms with van der Waals surface area (Å²) in [6, 6.07) is 8.98. The molecule has 0 spiro atoms. The molecule has 2 bridgehead atoms. The highest BCUT2D eigenvalue weighted by molar-refractivity contribution is 9.09. The van der Waals surface area contributed by atoms with Crippen molar-refractivity contribution in [3.8, 4) is 0 Å². The van der Waals surface area contributed by atoms with Crippen molar-refractivity contribution in [3.63, 3.8) is 0 Å². The lowest BCUT2D eigenvalue weighted by Gasteiger charge is -2.26. The Hall–Kier alpha value is -0.300. The number of hydrogen-bond donors (Lipinski definition) is 0. The zero-order valence-electron chi connectivity index (χ0n) is 10.5. The molecule has 1 aromatic rings. The van der Waals surface area contributed by atoms with E-state index in [-0.39, 0.29) is 0 Å². The van der Waals surface area contributed by atoms with Gasteiger partial charge in [-0.1, -0.05) is 52.2 Å². The molecule has 4 unspecified atom stereocenters. The third kappa shape index (κ3) is 2.45. The number of halogens is 1. The molecule has 2 aliphatic rings. The van der Waals surface area contributed by atoms with E-state index in [2.05, 4.69) is 47.1 Å². The highest BCUT2D eigenvalue weighted by Gasteiger charge is 2.42. The summed E-state index contributed by atoms with van der Waals surface area (Å²) in [5, 5.41) is 0. The van der Waals surface area contributed by atoms with Gasteiger partial charge in [0.2, 0.25) is 0 Å². The lowest BCUT2D eigenvalue weighted by Crippen LogP contribution is -2.22. The molecule has 2 saturated carbocycles. The third-order valence-corrected chi connectivity index (χ3v) is 5.77. The Labute approximate surface area is 113 Å². The van der Waals surface area contributed by atoms with Crippen LogP contribution in [0.3, 0.4) is 0 Å². The smallest absolute Gasteiger partial charge is 0.0217 e. The van der Waals surface area contributed by atoms with Crippen molar-refractivity contribution in [2.24, 2.45) is 17.8 Å². The number of fused-ring (bicyclic) bond motifs is 2. The molecule has 3 rings (SSSR count). The fourth-order valence-electron chi connectivity index (χ4n) is 3.95. The molecule has 0 heterocycles. The highest BCUT2D eigenvalue weighted by atomic mass is 79.9. The van der Waals surface area contributed by atoms with Gasteiger partial charge in [0.05, 0.1) is 0 Å². The fraction of sp³-hybridized carbons (Fsp3) is 0.625. The van der Waals surface area contributed by atoms with Gasteiger partial charge in [0.1, 0.15) is 0 Å². The normalized spacial score (nSPS) is 32.9. The molecule has 0 N–H and O–H groups in total. The maximum atomic E-state index is 3.97. The summed E-state index contributed by atoms with van der Waals surface area (Å²) >= 11 is 3.97.